The van der Waals surface area contributed by atoms with E-state index in [1.54, 1.807) is 12.5 Å². The Kier molecular flexibility index (Phi) is 2.93. The summed E-state index contributed by atoms with van der Waals surface area (Å²) in [7, 11) is 0. The molecule has 1 N–H and O–H groups in total. The molecule has 0 bridgehead atoms. The molecule has 0 saturated carbocycles. The van der Waals surface area contributed by atoms with E-state index in [0.29, 0.717) is 0 Å². The molecule has 0 unspecified atom stereocenters. The van der Waals surface area contributed by atoms with Gasteiger partial charge in [-0.3, -0.25) is 0 Å². The van der Waals surface area contributed by atoms with Crippen LogP contribution < -0.4 is 0 Å². The molecule has 0 aliphatic carbocycles. The lowest BCUT2D eigenvalue weighted by molar-refractivity contribution is 1.30. The Balaban J connectivity index is 0.000000111. The van der Waals surface area contributed by atoms with Crippen LogP contribution in [0.1, 0.15) is 0 Å². The van der Waals surface area contributed by atoms with E-state index in [1.807, 2.05) is 36.4 Å². The molecule has 5 nitrogen and oxygen atoms in total. The highest BCUT2D eigenvalue weighted by molar-refractivity contribution is 7.00. The second kappa shape index (κ2) is 4.89. The Morgan fingerprint density at radius 2 is 1.67 bits per heavy atom. The van der Waals surface area contributed by atoms with Gasteiger partial charge >= 0.3 is 0 Å². The van der Waals surface area contributed by atoms with E-state index in [2.05, 4.69) is 23.7 Å². The molecule has 18 heavy (non-hydrogen) atoms. The van der Waals surface area contributed by atoms with Gasteiger partial charge in [0.2, 0.25) is 0 Å². The summed E-state index contributed by atoms with van der Waals surface area (Å²) in [6.45, 7) is 0. The number of hydrogen-bond acceptors (Lipinski definition) is 5. The predicted molar refractivity (Wildman–Crippen MR) is 71.3 cm³/mol. The fourth-order valence-corrected chi connectivity index (χ4v) is 2.03. The molecule has 3 heterocycles. The van der Waals surface area contributed by atoms with Gasteiger partial charge < -0.3 is 4.98 Å². The summed E-state index contributed by atoms with van der Waals surface area (Å²) in [6, 6.07) is 11.7. The first-order valence-electron chi connectivity index (χ1n) is 5.35. The van der Waals surface area contributed by atoms with Crippen molar-refractivity contribution in [2.75, 3.05) is 0 Å². The first-order chi connectivity index (χ1) is 8.93. The Labute approximate surface area is 107 Å². The first kappa shape index (κ1) is 10.8. The fraction of sp³-hybridized carbons (Fsp3) is 0. The zero-order valence-corrected chi connectivity index (χ0v) is 10.1. The van der Waals surface area contributed by atoms with Crippen LogP contribution in [-0.2, 0) is 0 Å². The molecule has 3 aromatic heterocycles. The molecule has 0 radical (unpaired) electrons. The van der Waals surface area contributed by atoms with E-state index in [0.717, 1.165) is 22.2 Å². The fourth-order valence-electron chi connectivity index (χ4n) is 1.50. The normalized spacial score (nSPS) is 10.2. The van der Waals surface area contributed by atoms with Gasteiger partial charge in [0.1, 0.15) is 11.0 Å². The number of imidazole rings is 1. The molecule has 0 amide bonds. The van der Waals surface area contributed by atoms with Crippen molar-refractivity contribution in [3.63, 3.8) is 0 Å². The van der Waals surface area contributed by atoms with Crippen LogP contribution in [0.3, 0.4) is 0 Å². The van der Waals surface area contributed by atoms with Crippen LogP contribution in [-0.4, -0.2) is 23.7 Å². The summed E-state index contributed by atoms with van der Waals surface area (Å²) >= 11 is 1.25. The summed E-state index contributed by atoms with van der Waals surface area (Å²) in [4.78, 5) is 10.9. The molecular formula is C12H9N5S. The van der Waals surface area contributed by atoms with Crippen LogP contribution >= 0.6 is 11.7 Å². The summed E-state index contributed by atoms with van der Waals surface area (Å²) in [5, 5.41) is 0. The number of pyridine rings is 1. The van der Waals surface area contributed by atoms with Crippen molar-refractivity contribution < 1.29 is 0 Å². The van der Waals surface area contributed by atoms with Gasteiger partial charge in [-0.25, -0.2) is 9.97 Å². The summed E-state index contributed by atoms with van der Waals surface area (Å²) in [5.41, 5.74) is 3.74. The Hall–Kier alpha value is -2.34. The minimum Gasteiger partial charge on any atom is -0.343 e. The zero-order chi connectivity index (χ0) is 12.2. The number of nitrogens with one attached hydrogen (secondary N) is 1. The average molecular weight is 255 g/mol. The van der Waals surface area contributed by atoms with Crippen LogP contribution in [0.5, 0.6) is 0 Å². The topological polar surface area (TPSA) is 67.3 Å². The minimum absolute atomic E-state index is 0.775. The molecule has 0 atom stereocenters. The molecular weight excluding hydrogens is 246 g/mol. The quantitative estimate of drug-likeness (QED) is 0.524. The molecule has 1 aromatic carbocycles. The van der Waals surface area contributed by atoms with E-state index in [-0.39, 0.29) is 0 Å². The van der Waals surface area contributed by atoms with Gasteiger partial charge in [-0.1, -0.05) is 12.1 Å². The Morgan fingerprint density at radius 1 is 0.889 bits per heavy atom. The third-order valence-corrected chi connectivity index (χ3v) is 2.91. The highest BCUT2D eigenvalue weighted by Crippen LogP contribution is 2.08. The SMILES string of the molecule is c1ccc2nsnc2c1.c1cnc2nc[nH]c2c1. The summed E-state index contributed by atoms with van der Waals surface area (Å²) < 4.78 is 8.10. The second-order valence-corrected chi connectivity index (χ2v) is 4.06. The van der Waals surface area contributed by atoms with Crippen molar-refractivity contribution >= 4 is 33.9 Å². The van der Waals surface area contributed by atoms with Crippen LogP contribution in [0.4, 0.5) is 0 Å². The van der Waals surface area contributed by atoms with Gasteiger partial charge in [0.15, 0.2) is 5.65 Å². The Morgan fingerprint density at radius 3 is 2.39 bits per heavy atom. The van der Waals surface area contributed by atoms with Gasteiger partial charge in [0.05, 0.1) is 23.6 Å². The van der Waals surface area contributed by atoms with E-state index < -0.39 is 0 Å². The smallest absolute Gasteiger partial charge is 0.177 e. The maximum Gasteiger partial charge on any atom is 0.177 e. The summed E-state index contributed by atoms with van der Waals surface area (Å²) in [5.74, 6) is 0. The molecule has 6 heteroatoms. The third kappa shape index (κ3) is 2.18. The molecule has 0 spiro atoms. The second-order valence-electron chi connectivity index (χ2n) is 3.53. The van der Waals surface area contributed by atoms with Gasteiger partial charge in [-0.05, 0) is 24.3 Å². The number of H-pyrrole nitrogens is 1. The van der Waals surface area contributed by atoms with Gasteiger partial charge in [-0.2, -0.15) is 8.75 Å². The minimum atomic E-state index is 0.775. The van der Waals surface area contributed by atoms with Crippen LogP contribution in [0, 0.1) is 0 Å². The number of hydrogen-bond donors (Lipinski definition) is 1. The molecule has 0 aliphatic heterocycles. The van der Waals surface area contributed by atoms with Crippen LogP contribution in [0.2, 0.25) is 0 Å². The number of aromatic amines is 1. The number of rotatable bonds is 0. The lowest BCUT2D eigenvalue weighted by atomic mass is 10.3. The maximum atomic E-state index is 4.05. The van der Waals surface area contributed by atoms with Crippen molar-refractivity contribution in [1.82, 2.24) is 23.7 Å². The average Bonchev–Trinajstić information content (AvgIpc) is 3.08. The van der Waals surface area contributed by atoms with E-state index in [4.69, 9.17) is 0 Å². The molecule has 0 saturated heterocycles. The van der Waals surface area contributed by atoms with Crippen molar-refractivity contribution in [3.8, 4) is 0 Å². The number of nitrogens with zero attached hydrogens (tertiary/aromatic N) is 4. The number of fused-ring (bicyclic) bond motifs is 2. The highest BCUT2D eigenvalue weighted by atomic mass is 32.1. The monoisotopic (exact) mass is 255 g/mol. The molecule has 88 valence electrons. The van der Waals surface area contributed by atoms with Gasteiger partial charge in [0.25, 0.3) is 0 Å². The Bertz CT molecular complexity index is 634. The van der Waals surface area contributed by atoms with Crippen molar-refractivity contribution in [3.05, 3.63) is 48.9 Å². The molecule has 0 fully saturated rings. The van der Waals surface area contributed by atoms with E-state index >= 15 is 0 Å². The zero-order valence-electron chi connectivity index (χ0n) is 9.32. The van der Waals surface area contributed by atoms with Gasteiger partial charge in [0, 0.05) is 6.20 Å². The van der Waals surface area contributed by atoms with Crippen LogP contribution in [0.15, 0.2) is 48.9 Å². The first-order valence-corrected chi connectivity index (χ1v) is 6.08. The largest absolute Gasteiger partial charge is 0.343 e. The number of aromatic nitrogens is 5. The van der Waals surface area contributed by atoms with Crippen LogP contribution in [0.25, 0.3) is 22.2 Å². The standard InChI is InChI=1S/C6H5N3.C6H4N2S/c1-2-5-6(7-3-1)9-4-8-5;1-2-4-6-5(3-1)7-9-8-6/h1-4H,(H,7,8,9);1-4H. The molecule has 4 rings (SSSR count). The molecule has 4 aromatic rings. The van der Waals surface area contributed by atoms with Crippen molar-refractivity contribution in [2.24, 2.45) is 0 Å². The van der Waals surface area contributed by atoms with Crippen molar-refractivity contribution in [2.45, 2.75) is 0 Å². The third-order valence-electron chi connectivity index (χ3n) is 2.35. The van der Waals surface area contributed by atoms with E-state index in [9.17, 15) is 0 Å². The maximum absolute atomic E-state index is 4.05. The summed E-state index contributed by atoms with van der Waals surface area (Å²) in [6.07, 6.45) is 3.36. The lowest BCUT2D eigenvalue weighted by Gasteiger charge is -1.80. The lowest BCUT2D eigenvalue weighted by Crippen LogP contribution is -1.71. The van der Waals surface area contributed by atoms with Crippen molar-refractivity contribution in [1.29, 1.82) is 0 Å². The highest BCUT2D eigenvalue weighted by Gasteiger charge is 1.91. The van der Waals surface area contributed by atoms with E-state index in [1.165, 1.54) is 11.7 Å². The molecule has 0 aliphatic rings. The predicted octanol–water partition coefficient (Wildman–Crippen LogP) is 2.65. The number of benzene rings is 1. The van der Waals surface area contributed by atoms with Gasteiger partial charge in [-0.15, -0.1) is 0 Å².